The van der Waals surface area contributed by atoms with Crippen LogP contribution >= 0.6 is 15.9 Å². The standard InChI is InChI=1S/C18H17BrO5/c1-11-7-14(19)8-12(2)17(11)23-10-16(20)24-15-6-4-5-13(9-15)18(21)22-3/h4-9H,10H2,1-3H3. The Balaban J connectivity index is 2.01. The van der Waals surface area contributed by atoms with Gasteiger partial charge < -0.3 is 14.2 Å². The maximum atomic E-state index is 12.0. The van der Waals surface area contributed by atoms with Crippen LogP contribution < -0.4 is 9.47 Å². The van der Waals surface area contributed by atoms with Crippen molar-refractivity contribution in [2.45, 2.75) is 13.8 Å². The molecule has 6 heteroatoms. The number of ether oxygens (including phenoxy) is 3. The van der Waals surface area contributed by atoms with E-state index in [9.17, 15) is 9.59 Å². The van der Waals surface area contributed by atoms with Gasteiger partial charge in [0.2, 0.25) is 0 Å². The molecule has 0 atom stereocenters. The molecule has 126 valence electrons. The minimum Gasteiger partial charge on any atom is -0.481 e. The van der Waals surface area contributed by atoms with E-state index in [1.807, 2.05) is 26.0 Å². The first kappa shape index (κ1) is 18.0. The molecule has 0 fully saturated rings. The van der Waals surface area contributed by atoms with Crippen LogP contribution in [0, 0.1) is 13.8 Å². The van der Waals surface area contributed by atoms with Crippen LogP contribution in [0.15, 0.2) is 40.9 Å². The Morgan fingerprint density at radius 1 is 1.08 bits per heavy atom. The summed E-state index contributed by atoms with van der Waals surface area (Å²) in [5, 5.41) is 0. The van der Waals surface area contributed by atoms with Gasteiger partial charge in [-0.2, -0.15) is 0 Å². The predicted molar refractivity (Wildman–Crippen MR) is 92.5 cm³/mol. The van der Waals surface area contributed by atoms with Crippen molar-refractivity contribution in [1.82, 2.24) is 0 Å². The Bertz CT molecular complexity index is 747. The first-order valence-corrected chi connectivity index (χ1v) is 7.98. The van der Waals surface area contributed by atoms with Gasteiger partial charge in [-0.25, -0.2) is 9.59 Å². The fourth-order valence-electron chi connectivity index (χ4n) is 2.22. The maximum absolute atomic E-state index is 12.0. The number of carbonyl (C=O) groups excluding carboxylic acids is 2. The second-order valence-corrected chi connectivity index (χ2v) is 6.07. The van der Waals surface area contributed by atoms with Crippen molar-refractivity contribution in [3.8, 4) is 11.5 Å². The molecule has 2 rings (SSSR count). The number of hydrogen-bond donors (Lipinski definition) is 0. The zero-order chi connectivity index (χ0) is 17.7. The van der Waals surface area contributed by atoms with Gasteiger partial charge in [0.1, 0.15) is 11.5 Å². The molecule has 0 bridgehead atoms. The van der Waals surface area contributed by atoms with Crippen LogP contribution in [0.2, 0.25) is 0 Å². The average molecular weight is 393 g/mol. The summed E-state index contributed by atoms with van der Waals surface area (Å²) in [5.41, 5.74) is 2.15. The number of rotatable bonds is 5. The number of methoxy groups -OCH3 is 1. The van der Waals surface area contributed by atoms with E-state index in [4.69, 9.17) is 9.47 Å². The topological polar surface area (TPSA) is 61.8 Å². The molecular formula is C18H17BrO5. The van der Waals surface area contributed by atoms with Crippen LogP contribution in [-0.4, -0.2) is 25.7 Å². The highest BCUT2D eigenvalue weighted by Gasteiger charge is 2.12. The highest BCUT2D eigenvalue weighted by atomic mass is 79.9. The van der Waals surface area contributed by atoms with E-state index in [1.54, 1.807) is 18.2 Å². The van der Waals surface area contributed by atoms with E-state index in [-0.39, 0.29) is 12.4 Å². The third kappa shape index (κ3) is 4.58. The Kier molecular flexibility index (Phi) is 5.98. The molecule has 0 amide bonds. The quantitative estimate of drug-likeness (QED) is 0.571. The molecule has 0 saturated carbocycles. The van der Waals surface area contributed by atoms with Gasteiger partial charge in [-0.05, 0) is 55.3 Å². The SMILES string of the molecule is COC(=O)c1cccc(OC(=O)COc2c(C)cc(Br)cc2C)c1. The van der Waals surface area contributed by atoms with Gasteiger partial charge in [-0.1, -0.05) is 22.0 Å². The number of halogens is 1. The van der Waals surface area contributed by atoms with Crippen molar-refractivity contribution in [3.63, 3.8) is 0 Å². The Hall–Kier alpha value is -2.34. The lowest BCUT2D eigenvalue weighted by Crippen LogP contribution is -2.18. The fourth-order valence-corrected chi connectivity index (χ4v) is 2.91. The van der Waals surface area contributed by atoms with E-state index >= 15 is 0 Å². The maximum Gasteiger partial charge on any atom is 0.349 e. The van der Waals surface area contributed by atoms with Gasteiger partial charge in [0.25, 0.3) is 0 Å². The Morgan fingerprint density at radius 3 is 2.38 bits per heavy atom. The van der Waals surface area contributed by atoms with E-state index < -0.39 is 11.9 Å². The third-order valence-electron chi connectivity index (χ3n) is 3.25. The second-order valence-electron chi connectivity index (χ2n) is 5.15. The predicted octanol–water partition coefficient (Wildman–Crippen LogP) is 3.84. The molecule has 0 aromatic heterocycles. The molecule has 0 aliphatic heterocycles. The molecular weight excluding hydrogens is 376 g/mol. The molecule has 0 spiro atoms. The second kappa shape index (κ2) is 7.97. The molecule has 0 N–H and O–H groups in total. The van der Waals surface area contributed by atoms with E-state index in [0.29, 0.717) is 11.3 Å². The molecule has 2 aromatic rings. The van der Waals surface area contributed by atoms with Gasteiger partial charge in [-0.15, -0.1) is 0 Å². The summed E-state index contributed by atoms with van der Waals surface area (Å²) in [7, 11) is 1.29. The Labute approximate surface area is 148 Å². The van der Waals surface area contributed by atoms with Gasteiger partial charge in [0.05, 0.1) is 12.7 Å². The average Bonchev–Trinajstić information content (AvgIpc) is 2.53. The first-order chi connectivity index (χ1) is 11.4. The van der Waals surface area contributed by atoms with Crippen molar-refractivity contribution in [3.05, 3.63) is 57.6 Å². The molecule has 0 unspecified atom stereocenters. The molecule has 0 radical (unpaired) electrons. The lowest BCUT2D eigenvalue weighted by Gasteiger charge is -2.12. The molecule has 0 saturated heterocycles. The normalized spacial score (nSPS) is 10.2. The van der Waals surface area contributed by atoms with Crippen LogP contribution in [0.25, 0.3) is 0 Å². The minimum absolute atomic E-state index is 0.230. The van der Waals surface area contributed by atoms with E-state index in [0.717, 1.165) is 15.6 Å². The minimum atomic E-state index is -0.557. The molecule has 5 nitrogen and oxygen atoms in total. The summed E-state index contributed by atoms with van der Waals surface area (Å²) >= 11 is 3.41. The largest absolute Gasteiger partial charge is 0.481 e. The third-order valence-corrected chi connectivity index (χ3v) is 3.70. The monoisotopic (exact) mass is 392 g/mol. The van der Waals surface area contributed by atoms with Crippen molar-refractivity contribution in [1.29, 1.82) is 0 Å². The van der Waals surface area contributed by atoms with Crippen molar-refractivity contribution >= 4 is 27.9 Å². The highest BCUT2D eigenvalue weighted by Crippen LogP contribution is 2.27. The summed E-state index contributed by atoms with van der Waals surface area (Å²) in [6.45, 7) is 3.57. The van der Waals surface area contributed by atoms with Crippen LogP contribution in [0.5, 0.6) is 11.5 Å². The number of carbonyl (C=O) groups is 2. The number of hydrogen-bond acceptors (Lipinski definition) is 5. The molecule has 2 aromatic carbocycles. The number of aryl methyl sites for hydroxylation is 2. The van der Waals surface area contributed by atoms with E-state index in [1.165, 1.54) is 13.2 Å². The summed E-state index contributed by atoms with van der Waals surface area (Å²) in [4.78, 5) is 23.4. The van der Waals surface area contributed by atoms with Gasteiger partial charge in [0, 0.05) is 4.47 Å². The zero-order valence-corrected chi connectivity index (χ0v) is 15.2. The Morgan fingerprint density at radius 2 is 1.75 bits per heavy atom. The molecule has 0 aliphatic carbocycles. The smallest absolute Gasteiger partial charge is 0.349 e. The van der Waals surface area contributed by atoms with Crippen LogP contribution in [0.1, 0.15) is 21.5 Å². The number of esters is 2. The van der Waals surface area contributed by atoms with Crippen LogP contribution in [-0.2, 0) is 9.53 Å². The zero-order valence-electron chi connectivity index (χ0n) is 13.6. The summed E-state index contributed by atoms with van der Waals surface area (Å²) in [6.07, 6.45) is 0. The van der Waals surface area contributed by atoms with E-state index in [2.05, 4.69) is 20.7 Å². The van der Waals surface area contributed by atoms with Gasteiger partial charge >= 0.3 is 11.9 Å². The van der Waals surface area contributed by atoms with Crippen molar-refractivity contribution in [2.24, 2.45) is 0 Å². The summed E-state index contributed by atoms with van der Waals surface area (Å²) < 4.78 is 16.3. The van der Waals surface area contributed by atoms with Gasteiger partial charge in [0.15, 0.2) is 6.61 Å². The van der Waals surface area contributed by atoms with Crippen molar-refractivity contribution < 1.29 is 23.8 Å². The van der Waals surface area contributed by atoms with Crippen LogP contribution in [0.4, 0.5) is 0 Å². The van der Waals surface area contributed by atoms with Crippen LogP contribution in [0.3, 0.4) is 0 Å². The fraction of sp³-hybridized carbons (Fsp3) is 0.222. The lowest BCUT2D eigenvalue weighted by molar-refractivity contribution is -0.136. The summed E-state index contributed by atoms with van der Waals surface area (Å²) in [6, 6.07) is 10.0. The van der Waals surface area contributed by atoms with Crippen molar-refractivity contribution in [2.75, 3.05) is 13.7 Å². The molecule has 0 aliphatic rings. The summed E-state index contributed by atoms with van der Waals surface area (Å²) in [5.74, 6) is -0.141. The lowest BCUT2D eigenvalue weighted by atomic mass is 10.1. The molecule has 0 heterocycles. The van der Waals surface area contributed by atoms with Gasteiger partial charge in [-0.3, -0.25) is 0 Å². The molecule has 24 heavy (non-hydrogen) atoms. The first-order valence-electron chi connectivity index (χ1n) is 7.19. The highest BCUT2D eigenvalue weighted by molar-refractivity contribution is 9.10. The number of benzene rings is 2.